The van der Waals surface area contributed by atoms with Crippen molar-refractivity contribution in [2.45, 2.75) is 10.6 Å². The van der Waals surface area contributed by atoms with E-state index in [2.05, 4.69) is 22.3 Å². The molecule has 0 bridgehead atoms. The molecule has 1 amide bonds. The second kappa shape index (κ2) is 10.2. The van der Waals surface area contributed by atoms with Crippen LogP contribution in [0.5, 0.6) is 0 Å². The summed E-state index contributed by atoms with van der Waals surface area (Å²) >= 11 is 1.75. The summed E-state index contributed by atoms with van der Waals surface area (Å²) in [5.41, 5.74) is 1.62. The second-order valence-electron chi connectivity index (χ2n) is 7.03. The zero-order valence-corrected chi connectivity index (χ0v) is 18.2. The van der Waals surface area contributed by atoms with Crippen molar-refractivity contribution in [2.24, 2.45) is 0 Å². The third-order valence-electron chi connectivity index (χ3n) is 4.84. The molecule has 0 spiro atoms. The number of piperazine rings is 1. The Morgan fingerprint density at radius 3 is 2.48 bits per heavy atom. The zero-order valence-electron chi connectivity index (χ0n) is 16.6. The number of nitrogens with one attached hydrogen (secondary N) is 1. The molecule has 6 nitrogen and oxygen atoms in total. The Bertz CT molecular complexity index is 912. The lowest BCUT2D eigenvalue weighted by Crippen LogP contribution is -2.47. The SMILES string of the molecule is CN1CCN(S(=O)(=O)c2cccc(C(=O)NCCSCc3ccccc3)c2)CC1. The number of likely N-dealkylation sites (N-methyl/N-ethyl adjacent to an activating group) is 1. The molecule has 0 aromatic heterocycles. The average Bonchev–Trinajstić information content (AvgIpc) is 2.74. The van der Waals surface area contributed by atoms with Crippen molar-refractivity contribution in [1.82, 2.24) is 14.5 Å². The number of hydrogen-bond donors (Lipinski definition) is 1. The summed E-state index contributed by atoms with van der Waals surface area (Å²) in [4.78, 5) is 14.7. The van der Waals surface area contributed by atoms with E-state index in [-0.39, 0.29) is 10.8 Å². The molecule has 3 rings (SSSR count). The summed E-state index contributed by atoms with van der Waals surface area (Å²) in [6.07, 6.45) is 0. The molecule has 0 saturated carbocycles. The van der Waals surface area contributed by atoms with Gasteiger partial charge in [0.05, 0.1) is 4.90 Å². The molecule has 0 atom stereocenters. The van der Waals surface area contributed by atoms with E-state index < -0.39 is 10.0 Å². The van der Waals surface area contributed by atoms with Crippen molar-refractivity contribution >= 4 is 27.7 Å². The fourth-order valence-corrected chi connectivity index (χ4v) is 5.37. The minimum Gasteiger partial charge on any atom is -0.351 e. The van der Waals surface area contributed by atoms with E-state index in [0.717, 1.165) is 11.5 Å². The fourth-order valence-electron chi connectivity index (χ4n) is 3.08. The van der Waals surface area contributed by atoms with Crippen LogP contribution in [-0.4, -0.2) is 69.1 Å². The Morgan fingerprint density at radius 1 is 1.03 bits per heavy atom. The first kappa shape index (κ1) is 21.8. The normalized spacial score (nSPS) is 15.9. The molecule has 2 aromatic carbocycles. The van der Waals surface area contributed by atoms with Crippen molar-refractivity contribution in [3.8, 4) is 0 Å². The largest absolute Gasteiger partial charge is 0.351 e. The van der Waals surface area contributed by atoms with E-state index in [0.29, 0.717) is 38.3 Å². The number of rotatable bonds is 8. The van der Waals surface area contributed by atoms with Gasteiger partial charge in [-0.05, 0) is 30.8 Å². The van der Waals surface area contributed by atoms with Crippen LogP contribution >= 0.6 is 11.8 Å². The maximum Gasteiger partial charge on any atom is 0.251 e. The van der Waals surface area contributed by atoms with Gasteiger partial charge in [-0.2, -0.15) is 16.1 Å². The summed E-state index contributed by atoms with van der Waals surface area (Å²) in [6, 6.07) is 16.5. The zero-order chi connectivity index (χ0) is 20.7. The van der Waals surface area contributed by atoms with Crippen LogP contribution < -0.4 is 5.32 Å². The van der Waals surface area contributed by atoms with Crippen LogP contribution in [0.1, 0.15) is 15.9 Å². The molecule has 156 valence electrons. The standard InChI is InChI=1S/C21H27N3O3S2/c1-23-11-13-24(14-12-23)29(26,27)20-9-5-8-19(16-20)21(25)22-10-15-28-17-18-6-3-2-4-7-18/h2-9,16H,10-15,17H2,1H3,(H,22,25). The lowest BCUT2D eigenvalue weighted by Gasteiger charge is -2.31. The molecule has 0 unspecified atom stereocenters. The lowest BCUT2D eigenvalue weighted by molar-refractivity contribution is 0.0956. The van der Waals surface area contributed by atoms with Gasteiger partial charge in [0, 0.05) is 49.8 Å². The van der Waals surface area contributed by atoms with Gasteiger partial charge in [-0.25, -0.2) is 8.42 Å². The van der Waals surface area contributed by atoms with Gasteiger partial charge in [0.2, 0.25) is 10.0 Å². The van der Waals surface area contributed by atoms with Gasteiger partial charge in [0.1, 0.15) is 0 Å². The van der Waals surface area contributed by atoms with E-state index in [9.17, 15) is 13.2 Å². The van der Waals surface area contributed by atoms with Gasteiger partial charge >= 0.3 is 0 Å². The van der Waals surface area contributed by atoms with Gasteiger partial charge in [-0.3, -0.25) is 4.79 Å². The summed E-state index contributed by atoms with van der Waals surface area (Å²) in [7, 11) is -1.60. The first-order valence-corrected chi connectivity index (χ1v) is 12.2. The number of amides is 1. The topological polar surface area (TPSA) is 69.7 Å². The van der Waals surface area contributed by atoms with Crippen LogP contribution in [0.3, 0.4) is 0 Å². The lowest BCUT2D eigenvalue weighted by atomic mass is 10.2. The Kier molecular flexibility index (Phi) is 7.71. The van der Waals surface area contributed by atoms with Crippen molar-refractivity contribution < 1.29 is 13.2 Å². The minimum atomic E-state index is -3.58. The van der Waals surface area contributed by atoms with Crippen LogP contribution in [-0.2, 0) is 15.8 Å². The predicted octanol–water partition coefficient (Wildman–Crippen LogP) is 2.29. The molecule has 2 aromatic rings. The quantitative estimate of drug-likeness (QED) is 0.647. The summed E-state index contributed by atoms with van der Waals surface area (Å²) in [5, 5.41) is 2.87. The number of carbonyl (C=O) groups excluding carboxylic acids is 1. The Labute approximate surface area is 177 Å². The predicted molar refractivity (Wildman–Crippen MR) is 118 cm³/mol. The molecule has 1 heterocycles. The Balaban J connectivity index is 1.52. The number of thioether (sulfide) groups is 1. The molecule has 1 aliphatic rings. The number of benzene rings is 2. The molecular weight excluding hydrogens is 406 g/mol. The highest BCUT2D eigenvalue weighted by Crippen LogP contribution is 2.19. The maximum atomic E-state index is 12.9. The average molecular weight is 434 g/mol. The number of sulfonamides is 1. The van der Waals surface area contributed by atoms with E-state index in [1.807, 2.05) is 25.2 Å². The molecule has 1 saturated heterocycles. The van der Waals surface area contributed by atoms with Crippen molar-refractivity contribution in [2.75, 3.05) is 45.5 Å². The first-order valence-electron chi connectivity index (χ1n) is 9.65. The molecule has 1 N–H and O–H groups in total. The van der Waals surface area contributed by atoms with Crippen LogP contribution in [0.2, 0.25) is 0 Å². The monoisotopic (exact) mass is 433 g/mol. The highest BCUT2D eigenvalue weighted by atomic mass is 32.2. The fraction of sp³-hybridized carbons (Fsp3) is 0.381. The van der Waals surface area contributed by atoms with Gasteiger partial charge < -0.3 is 10.2 Å². The first-order chi connectivity index (χ1) is 14.0. The van der Waals surface area contributed by atoms with E-state index in [4.69, 9.17) is 0 Å². The van der Waals surface area contributed by atoms with Gasteiger partial charge in [0.25, 0.3) is 5.91 Å². The van der Waals surface area contributed by atoms with E-state index >= 15 is 0 Å². The third-order valence-corrected chi connectivity index (χ3v) is 7.76. The Morgan fingerprint density at radius 2 is 1.76 bits per heavy atom. The van der Waals surface area contributed by atoms with Gasteiger partial charge in [-0.1, -0.05) is 36.4 Å². The molecule has 29 heavy (non-hydrogen) atoms. The molecule has 8 heteroatoms. The highest BCUT2D eigenvalue weighted by Gasteiger charge is 2.27. The van der Waals surface area contributed by atoms with E-state index in [1.165, 1.54) is 15.9 Å². The summed E-state index contributed by atoms with van der Waals surface area (Å²) < 4.78 is 27.2. The number of carbonyl (C=O) groups is 1. The number of nitrogens with zero attached hydrogens (tertiary/aromatic N) is 2. The smallest absolute Gasteiger partial charge is 0.251 e. The second-order valence-corrected chi connectivity index (χ2v) is 10.1. The van der Waals surface area contributed by atoms with E-state index in [1.54, 1.807) is 30.0 Å². The molecule has 0 aliphatic carbocycles. The van der Waals surface area contributed by atoms with Crippen LogP contribution in [0.4, 0.5) is 0 Å². The van der Waals surface area contributed by atoms with Crippen molar-refractivity contribution in [1.29, 1.82) is 0 Å². The minimum absolute atomic E-state index is 0.174. The van der Waals surface area contributed by atoms with Crippen LogP contribution in [0, 0.1) is 0 Å². The summed E-state index contributed by atoms with van der Waals surface area (Å²) in [6.45, 7) is 2.88. The highest BCUT2D eigenvalue weighted by molar-refractivity contribution is 7.98. The Hall–Kier alpha value is -1.87. The molecule has 0 radical (unpaired) electrons. The maximum absolute atomic E-state index is 12.9. The number of hydrogen-bond acceptors (Lipinski definition) is 5. The van der Waals surface area contributed by atoms with Gasteiger partial charge in [0.15, 0.2) is 0 Å². The van der Waals surface area contributed by atoms with Crippen LogP contribution in [0.15, 0.2) is 59.5 Å². The molecule has 1 fully saturated rings. The van der Waals surface area contributed by atoms with Crippen LogP contribution in [0.25, 0.3) is 0 Å². The van der Waals surface area contributed by atoms with Crippen molar-refractivity contribution in [3.63, 3.8) is 0 Å². The van der Waals surface area contributed by atoms with Crippen molar-refractivity contribution in [3.05, 3.63) is 65.7 Å². The summed E-state index contributed by atoms with van der Waals surface area (Å²) in [5.74, 6) is 1.44. The molecule has 1 aliphatic heterocycles. The molecular formula is C21H27N3O3S2. The van der Waals surface area contributed by atoms with Gasteiger partial charge in [-0.15, -0.1) is 0 Å². The third kappa shape index (κ3) is 6.05.